The lowest BCUT2D eigenvalue weighted by atomic mass is 10.1. The van der Waals surface area contributed by atoms with E-state index in [0.29, 0.717) is 13.0 Å². The van der Waals surface area contributed by atoms with Gasteiger partial charge < -0.3 is 11.1 Å². The second kappa shape index (κ2) is 7.41. The average Bonchev–Trinajstić information content (AvgIpc) is 2.36. The summed E-state index contributed by atoms with van der Waals surface area (Å²) in [7, 11) is 0. The molecule has 0 saturated carbocycles. The first-order chi connectivity index (χ1) is 8.27. The number of benzene rings is 1. The SMILES string of the molecule is C/C=C(\C/C=C\CN)C(=O)Nc1ccccc1. The number of carbonyl (C=O) groups is 1. The van der Waals surface area contributed by atoms with Crippen molar-refractivity contribution in [3.63, 3.8) is 0 Å². The van der Waals surface area contributed by atoms with E-state index in [1.807, 2.05) is 55.5 Å². The third-order valence-electron chi connectivity index (χ3n) is 2.31. The van der Waals surface area contributed by atoms with Crippen LogP contribution in [0.1, 0.15) is 13.3 Å². The Kier molecular flexibility index (Phi) is 5.75. The number of anilines is 1. The highest BCUT2D eigenvalue weighted by Gasteiger charge is 2.06. The molecule has 3 nitrogen and oxygen atoms in total. The molecule has 1 amide bonds. The number of nitrogens with two attached hydrogens (primary N) is 1. The molecule has 0 aliphatic rings. The largest absolute Gasteiger partial charge is 0.327 e. The molecule has 0 aliphatic carbocycles. The van der Waals surface area contributed by atoms with E-state index in [1.165, 1.54) is 0 Å². The number of hydrogen-bond donors (Lipinski definition) is 2. The van der Waals surface area contributed by atoms with Gasteiger partial charge in [-0.05, 0) is 25.5 Å². The van der Waals surface area contributed by atoms with Crippen LogP contribution in [0.15, 0.2) is 54.1 Å². The van der Waals surface area contributed by atoms with Crippen molar-refractivity contribution >= 4 is 11.6 Å². The molecule has 0 fully saturated rings. The second-order valence-corrected chi connectivity index (χ2v) is 3.55. The lowest BCUT2D eigenvalue weighted by Gasteiger charge is -2.06. The molecule has 0 atom stereocenters. The molecular weight excluding hydrogens is 212 g/mol. The monoisotopic (exact) mass is 230 g/mol. The van der Waals surface area contributed by atoms with Crippen LogP contribution in [0.5, 0.6) is 0 Å². The summed E-state index contributed by atoms with van der Waals surface area (Å²) in [6.45, 7) is 2.35. The zero-order chi connectivity index (χ0) is 12.5. The van der Waals surface area contributed by atoms with Gasteiger partial charge in [0.2, 0.25) is 0 Å². The maximum atomic E-state index is 11.9. The van der Waals surface area contributed by atoms with Gasteiger partial charge in [-0.25, -0.2) is 0 Å². The van der Waals surface area contributed by atoms with Crippen LogP contribution < -0.4 is 11.1 Å². The highest BCUT2D eigenvalue weighted by Crippen LogP contribution is 2.10. The number of allylic oxidation sites excluding steroid dienone is 2. The van der Waals surface area contributed by atoms with Crippen LogP contribution in [0.25, 0.3) is 0 Å². The van der Waals surface area contributed by atoms with Gasteiger partial charge in [-0.2, -0.15) is 0 Å². The fourth-order valence-electron chi connectivity index (χ4n) is 1.38. The van der Waals surface area contributed by atoms with Crippen LogP contribution in [0.3, 0.4) is 0 Å². The number of nitrogens with one attached hydrogen (secondary N) is 1. The summed E-state index contributed by atoms with van der Waals surface area (Å²) in [5.41, 5.74) is 6.89. The number of rotatable bonds is 5. The zero-order valence-corrected chi connectivity index (χ0v) is 10.0. The first-order valence-corrected chi connectivity index (χ1v) is 5.64. The third kappa shape index (κ3) is 4.66. The molecular formula is C14H18N2O. The lowest BCUT2D eigenvalue weighted by Crippen LogP contribution is -2.13. The summed E-state index contributed by atoms with van der Waals surface area (Å²) in [4.78, 5) is 11.9. The van der Waals surface area contributed by atoms with Gasteiger partial charge in [-0.3, -0.25) is 4.79 Å². The van der Waals surface area contributed by atoms with Crippen molar-refractivity contribution in [1.82, 2.24) is 0 Å². The zero-order valence-electron chi connectivity index (χ0n) is 10.0. The summed E-state index contributed by atoms with van der Waals surface area (Å²) < 4.78 is 0. The van der Waals surface area contributed by atoms with Crippen LogP contribution >= 0.6 is 0 Å². The molecule has 0 bridgehead atoms. The van der Waals surface area contributed by atoms with Crippen LogP contribution in [0, 0.1) is 0 Å². The Morgan fingerprint density at radius 2 is 2.00 bits per heavy atom. The Morgan fingerprint density at radius 3 is 2.59 bits per heavy atom. The van der Waals surface area contributed by atoms with Gasteiger partial charge >= 0.3 is 0 Å². The minimum atomic E-state index is -0.0691. The number of hydrogen-bond acceptors (Lipinski definition) is 2. The molecule has 0 unspecified atom stereocenters. The minimum absolute atomic E-state index is 0.0691. The van der Waals surface area contributed by atoms with Crippen LogP contribution in [-0.2, 0) is 4.79 Å². The van der Waals surface area contributed by atoms with E-state index in [-0.39, 0.29) is 5.91 Å². The minimum Gasteiger partial charge on any atom is -0.327 e. The van der Waals surface area contributed by atoms with E-state index in [9.17, 15) is 4.79 Å². The first kappa shape index (κ1) is 13.2. The van der Waals surface area contributed by atoms with Gasteiger partial charge in [-0.15, -0.1) is 0 Å². The molecule has 3 heteroatoms. The van der Waals surface area contributed by atoms with E-state index in [2.05, 4.69) is 5.32 Å². The topological polar surface area (TPSA) is 55.1 Å². The molecule has 3 N–H and O–H groups in total. The number of para-hydroxylation sites is 1. The summed E-state index contributed by atoms with van der Waals surface area (Å²) in [6.07, 6.45) is 6.17. The van der Waals surface area contributed by atoms with E-state index in [0.717, 1.165) is 11.3 Å². The van der Waals surface area contributed by atoms with Gasteiger partial charge in [0.15, 0.2) is 0 Å². The van der Waals surface area contributed by atoms with Crippen molar-refractivity contribution in [2.75, 3.05) is 11.9 Å². The van der Waals surface area contributed by atoms with Crippen LogP contribution in [0.2, 0.25) is 0 Å². The van der Waals surface area contributed by atoms with Crippen molar-refractivity contribution in [2.24, 2.45) is 5.73 Å². The highest BCUT2D eigenvalue weighted by atomic mass is 16.1. The molecule has 1 aromatic carbocycles. The quantitative estimate of drug-likeness (QED) is 0.603. The summed E-state index contributed by atoms with van der Waals surface area (Å²) in [5.74, 6) is -0.0691. The predicted octanol–water partition coefficient (Wildman–Crippen LogP) is 2.48. The summed E-state index contributed by atoms with van der Waals surface area (Å²) in [5, 5.41) is 2.85. The molecule has 90 valence electrons. The van der Waals surface area contributed by atoms with Crippen molar-refractivity contribution in [2.45, 2.75) is 13.3 Å². The molecule has 1 rings (SSSR count). The van der Waals surface area contributed by atoms with E-state index in [4.69, 9.17) is 5.73 Å². The van der Waals surface area contributed by atoms with Gasteiger partial charge in [0.1, 0.15) is 0 Å². The standard InChI is InChI=1S/C14H18N2O/c1-2-12(8-6-7-11-15)14(17)16-13-9-4-3-5-10-13/h2-7,9-10H,8,11,15H2,1H3,(H,16,17)/b7-6-,12-2+. The van der Waals surface area contributed by atoms with Crippen LogP contribution in [0.4, 0.5) is 5.69 Å². The third-order valence-corrected chi connectivity index (χ3v) is 2.31. The number of amides is 1. The first-order valence-electron chi connectivity index (χ1n) is 5.64. The van der Waals surface area contributed by atoms with E-state index >= 15 is 0 Å². The predicted molar refractivity (Wildman–Crippen MR) is 71.6 cm³/mol. The number of carbonyl (C=O) groups excluding carboxylic acids is 1. The Morgan fingerprint density at radius 1 is 1.29 bits per heavy atom. The maximum absolute atomic E-state index is 11.9. The van der Waals surface area contributed by atoms with Gasteiger partial charge in [0.05, 0.1) is 0 Å². The van der Waals surface area contributed by atoms with Crippen molar-refractivity contribution in [3.05, 3.63) is 54.1 Å². The highest BCUT2D eigenvalue weighted by molar-refractivity contribution is 6.03. The van der Waals surface area contributed by atoms with Crippen molar-refractivity contribution < 1.29 is 4.79 Å². The lowest BCUT2D eigenvalue weighted by molar-refractivity contribution is -0.112. The van der Waals surface area contributed by atoms with Gasteiger partial charge in [0, 0.05) is 17.8 Å². The summed E-state index contributed by atoms with van der Waals surface area (Å²) >= 11 is 0. The molecule has 0 aromatic heterocycles. The Hall–Kier alpha value is -1.87. The van der Waals surface area contributed by atoms with Gasteiger partial charge in [0.25, 0.3) is 5.91 Å². The molecule has 0 heterocycles. The maximum Gasteiger partial charge on any atom is 0.251 e. The van der Waals surface area contributed by atoms with E-state index < -0.39 is 0 Å². The van der Waals surface area contributed by atoms with E-state index in [1.54, 1.807) is 0 Å². The fraction of sp³-hybridized carbons (Fsp3) is 0.214. The molecule has 0 aliphatic heterocycles. The molecule has 0 radical (unpaired) electrons. The normalized spacial score (nSPS) is 11.8. The van der Waals surface area contributed by atoms with Gasteiger partial charge in [-0.1, -0.05) is 36.4 Å². The van der Waals surface area contributed by atoms with Crippen molar-refractivity contribution in [3.8, 4) is 0 Å². The smallest absolute Gasteiger partial charge is 0.251 e. The Balaban J connectivity index is 2.59. The fourth-order valence-corrected chi connectivity index (χ4v) is 1.38. The van der Waals surface area contributed by atoms with Crippen molar-refractivity contribution in [1.29, 1.82) is 0 Å². The molecule has 0 saturated heterocycles. The summed E-state index contributed by atoms with van der Waals surface area (Å²) in [6, 6.07) is 9.41. The molecule has 1 aromatic rings. The van der Waals surface area contributed by atoms with Crippen LogP contribution in [-0.4, -0.2) is 12.5 Å². The molecule has 0 spiro atoms. The Bertz CT molecular complexity index is 407. The Labute approximate surface area is 102 Å². The second-order valence-electron chi connectivity index (χ2n) is 3.55. The molecule has 17 heavy (non-hydrogen) atoms. The average molecular weight is 230 g/mol.